The van der Waals surface area contributed by atoms with Crippen LogP contribution in [0.3, 0.4) is 0 Å². The molecule has 0 spiro atoms. The van der Waals surface area contributed by atoms with Crippen molar-refractivity contribution in [3.8, 4) is 16.9 Å². The molecule has 2 heterocycles. The number of amidine groups is 1. The number of aldehydes is 1. The van der Waals surface area contributed by atoms with E-state index in [1.807, 2.05) is 41.3 Å². The number of ether oxygens (including phenoxy) is 1. The Bertz CT molecular complexity index is 1020. The van der Waals surface area contributed by atoms with E-state index >= 15 is 0 Å². The molecule has 0 unspecified atom stereocenters. The summed E-state index contributed by atoms with van der Waals surface area (Å²) in [5.41, 5.74) is 10.5. The zero-order valence-electron chi connectivity index (χ0n) is 16.4. The third kappa shape index (κ3) is 3.78. The van der Waals surface area contributed by atoms with Gasteiger partial charge in [-0.05, 0) is 48.7 Å². The Morgan fingerprint density at radius 2 is 1.90 bits per heavy atom. The number of likely N-dealkylation sites (tertiary alicyclic amines) is 1. The van der Waals surface area contributed by atoms with E-state index in [-0.39, 0.29) is 5.91 Å². The molecule has 1 amide bonds. The molecular formula is C23H23N3O3. The highest BCUT2D eigenvalue weighted by molar-refractivity contribution is 5.99. The molecule has 1 saturated heterocycles. The Kier molecular flexibility index (Phi) is 5.16. The number of nitrogens with two attached hydrogens (primary N) is 1. The van der Waals surface area contributed by atoms with E-state index in [0.717, 1.165) is 48.9 Å². The molecule has 2 aliphatic heterocycles. The summed E-state index contributed by atoms with van der Waals surface area (Å²) >= 11 is 0. The van der Waals surface area contributed by atoms with Crippen molar-refractivity contribution in [2.75, 3.05) is 20.2 Å². The molecule has 2 aromatic carbocycles. The Balaban J connectivity index is 1.71. The number of nitrogens with zero attached hydrogens (tertiary/aromatic N) is 2. The van der Waals surface area contributed by atoms with Gasteiger partial charge in [-0.2, -0.15) is 0 Å². The third-order valence-corrected chi connectivity index (χ3v) is 5.33. The second-order valence-corrected chi connectivity index (χ2v) is 7.30. The van der Waals surface area contributed by atoms with Gasteiger partial charge in [-0.15, -0.1) is 0 Å². The van der Waals surface area contributed by atoms with Gasteiger partial charge in [-0.25, -0.2) is 4.99 Å². The summed E-state index contributed by atoms with van der Waals surface area (Å²) in [5.74, 6) is 1.14. The first kappa shape index (κ1) is 18.9. The lowest BCUT2D eigenvalue weighted by molar-refractivity contribution is -0.104. The first-order valence-electron chi connectivity index (χ1n) is 9.69. The highest BCUT2D eigenvalue weighted by Gasteiger charge is 2.20. The van der Waals surface area contributed by atoms with Crippen molar-refractivity contribution in [3.05, 3.63) is 53.1 Å². The molecule has 0 aromatic heterocycles. The Morgan fingerprint density at radius 1 is 1.17 bits per heavy atom. The quantitative estimate of drug-likeness (QED) is 0.810. The number of benzene rings is 2. The average molecular weight is 389 g/mol. The van der Waals surface area contributed by atoms with Crippen LogP contribution in [0.4, 0.5) is 5.69 Å². The van der Waals surface area contributed by atoms with Gasteiger partial charge in [0.15, 0.2) is 0 Å². The minimum atomic E-state index is 0.0758. The molecular weight excluding hydrogens is 366 g/mol. The van der Waals surface area contributed by atoms with Gasteiger partial charge in [0.05, 0.1) is 12.8 Å². The highest BCUT2D eigenvalue weighted by Crippen LogP contribution is 2.38. The van der Waals surface area contributed by atoms with E-state index in [1.54, 1.807) is 13.2 Å². The maximum absolute atomic E-state index is 12.6. The SMILES string of the molecule is COc1cc2c(cc1-c1ccc(C(=O)N3CCCC3)cc1)N=C(N)CC(C=O)=C2. The zero-order valence-corrected chi connectivity index (χ0v) is 16.4. The molecule has 2 aliphatic rings. The molecule has 2 N–H and O–H groups in total. The molecule has 0 radical (unpaired) electrons. The van der Waals surface area contributed by atoms with Crippen LogP contribution in [-0.4, -0.2) is 43.1 Å². The fourth-order valence-corrected chi connectivity index (χ4v) is 3.82. The summed E-state index contributed by atoms with van der Waals surface area (Å²) in [6, 6.07) is 11.3. The van der Waals surface area contributed by atoms with Gasteiger partial charge in [-0.3, -0.25) is 9.59 Å². The molecule has 1 fully saturated rings. The number of carbonyl (C=O) groups is 2. The molecule has 29 heavy (non-hydrogen) atoms. The van der Waals surface area contributed by atoms with Crippen molar-refractivity contribution in [1.29, 1.82) is 0 Å². The van der Waals surface area contributed by atoms with Gasteiger partial charge in [0.2, 0.25) is 0 Å². The number of fused-ring (bicyclic) bond motifs is 1. The van der Waals surface area contributed by atoms with Crippen molar-refractivity contribution >= 4 is 29.8 Å². The van der Waals surface area contributed by atoms with Crippen LogP contribution in [0.1, 0.15) is 35.2 Å². The molecule has 0 bridgehead atoms. The van der Waals surface area contributed by atoms with E-state index in [2.05, 4.69) is 4.99 Å². The topological polar surface area (TPSA) is 85.0 Å². The number of amides is 1. The predicted molar refractivity (Wildman–Crippen MR) is 114 cm³/mol. The standard InChI is InChI=1S/C23H23N3O3/c1-29-21-12-18-10-15(14-27)11-22(24)25-20(18)13-19(21)16-4-6-17(7-5-16)23(28)26-8-2-3-9-26/h4-7,10,12-14H,2-3,8-9,11H2,1H3,(H2,24,25). The van der Waals surface area contributed by atoms with Crippen LogP contribution < -0.4 is 10.5 Å². The first-order chi connectivity index (χ1) is 14.1. The van der Waals surface area contributed by atoms with E-state index in [0.29, 0.717) is 34.8 Å². The van der Waals surface area contributed by atoms with Crippen molar-refractivity contribution in [2.24, 2.45) is 10.7 Å². The second kappa shape index (κ2) is 7.91. The van der Waals surface area contributed by atoms with Crippen molar-refractivity contribution < 1.29 is 14.3 Å². The van der Waals surface area contributed by atoms with Crippen LogP contribution in [0.2, 0.25) is 0 Å². The highest BCUT2D eigenvalue weighted by atomic mass is 16.5. The van der Waals surface area contributed by atoms with Crippen LogP contribution in [0.5, 0.6) is 5.75 Å². The predicted octanol–water partition coefficient (Wildman–Crippen LogP) is 3.57. The van der Waals surface area contributed by atoms with E-state index in [1.165, 1.54) is 0 Å². The summed E-state index contributed by atoms with van der Waals surface area (Å²) in [4.78, 5) is 30.2. The van der Waals surface area contributed by atoms with Gasteiger partial charge < -0.3 is 15.4 Å². The first-order valence-corrected chi connectivity index (χ1v) is 9.69. The number of aliphatic imine (C=N–C) groups is 1. The fourth-order valence-electron chi connectivity index (χ4n) is 3.82. The molecule has 6 heteroatoms. The monoisotopic (exact) mass is 389 g/mol. The maximum atomic E-state index is 12.6. The lowest BCUT2D eigenvalue weighted by atomic mass is 9.99. The van der Waals surface area contributed by atoms with Crippen LogP contribution in [0, 0.1) is 0 Å². The van der Waals surface area contributed by atoms with E-state index < -0.39 is 0 Å². The number of carbonyl (C=O) groups excluding carboxylic acids is 2. The summed E-state index contributed by atoms with van der Waals surface area (Å²) in [5, 5.41) is 0. The average Bonchev–Trinajstić information content (AvgIpc) is 3.23. The summed E-state index contributed by atoms with van der Waals surface area (Å²) < 4.78 is 5.59. The van der Waals surface area contributed by atoms with Gasteiger partial charge in [0.25, 0.3) is 5.91 Å². The van der Waals surface area contributed by atoms with Crippen LogP contribution in [-0.2, 0) is 4.79 Å². The molecule has 0 atom stereocenters. The lowest BCUT2D eigenvalue weighted by Crippen LogP contribution is -2.27. The van der Waals surface area contributed by atoms with Crippen LogP contribution in [0.25, 0.3) is 17.2 Å². The van der Waals surface area contributed by atoms with Gasteiger partial charge in [0, 0.05) is 41.8 Å². The minimum Gasteiger partial charge on any atom is -0.496 e. The molecule has 4 rings (SSSR count). The number of hydrogen-bond donors (Lipinski definition) is 1. The summed E-state index contributed by atoms with van der Waals surface area (Å²) in [6.07, 6.45) is 5.05. The maximum Gasteiger partial charge on any atom is 0.253 e. The summed E-state index contributed by atoms with van der Waals surface area (Å²) in [6.45, 7) is 1.66. The second-order valence-electron chi connectivity index (χ2n) is 7.30. The minimum absolute atomic E-state index is 0.0758. The van der Waals surface area contributed by atoms with E-state index in [9.17, 15) is 9.59 Å². The Morgan fingerprint density at radius 3 is 2.55 bits per heavy atom. The molecule has 0 saturated carbocycles. The smallest absolute Gasteiger partial charge is 0.253 e. The van der Waals surface area contributed by atoms with Crippen LogP contribution >= 0.6 is 0 Å². The van der Waals surface area contributed by atoms with Crippen molar-refractivity contribution in [1.82, 2.24) is 4.90 Å². The normalized spacial score (nSPS) is 15.8. The summed E-state index contributed by atoms with van der Waals surface area (Å²) in [7, 11) is 1.61. The Labute approximate surface area is 169 Å². The number of rotatable bonds is 4. The van der Waals surface area contributed by atoms with Gasteiger partial charge in [-0.1, -0.05) is 12.1 Å². The van der Waals surface area contributed by atoms with Crippen molar-refractivity contribution in [2.45, 2.75) is 19.3 Å². The third-order valence-electron chi connectivity index (χ3n) is 5.33. The molecule has 0 aliphatic carbocycles. The molecule has 2 aromatic rings. The lowest BCUT2D eigenvalue weighted by Gasteiger charge is -2.16. The molecule has 148 valence electrons. The van der Waals surface area contributed by atoms with Crippen LogP contribution in [0.15, 0.2) is 47.0 Å². The van der Waals surface area contributed by atoms with E-state index in [4.69, 9.17) is 10.5 Å². The molecule has 6 nitrogen and oxygen atoms in total. The zero-order chi connectivity index (χ0) is 20.4. The number of methoxy groups -OCH3 is 1. The largest absolute Gasteiger partial charge is 0.496 e. The van der Waals surface area contributed by atoms with Gasteiger partial charge >= 0.3 is 0 Å². The van der Waals surface area contributed by atoms with Crippen molar-refractivity contribution in [3.63, 3.8) is 0 Å². The fraction of sp³-hybridized carbons (Fsp3) is 0.261. The Hall–Kier alpha value is -3.41. The number of hydrogen-bond acceptors (Lipinski definition) is 5. The van der Waals surface area contributed by atoms with Gasteiger partial charge in [0.1, 0.15) is 17.9 Å².